The average Bonchev–Trinajstić information content (AvgIpc) is 2.32. The fraction of sp³-hybridized carbons (Fsp3) is 0.273. The van der Waals surface area contributed by atoms with Gasteiger partial charge in [0, 0.05) is 25.2 Å². The van der Waals surface area contributed by atoms with E-state index < -0.39 is 0 Å². The third kappa shape index (κ3) is 1.87. The molecule has 0 fully saturated rings. The molecule has 90 valence electrons. The summed E-state index contributed by atoms with van der Waals surface area (Å²) >= 11 is 5.85. The summed E-state index contributed by atoms with van der Waals surface area (Å²) in [7, 11) is 1.62. The predicted molar refractivity (Wildman–Crippen MR) is 67.5 cm³/mol. The largest absolute Gasteiger partial charge is 0.331 e. The Kier molecular flexibility index (Phi) is 3.04. The van der Waals surface area contributed by atoms with Gasteiger partial charge in [-0.2, -0.15) is 0 Å². The van der Waals surface area contributed by atoms with Crippen LogP contribution in [0.3, 0.4) is 0 Å². The SMILES string of the molecule is Cn1c(=O)n(CCN)c(=O)c2cc(Cl)ccc21. The maximum absolute atomic E-state index is 12.1. The number of nitrogens with two attached hydrogens (primary N) is 1. The number of aryl methyl sites for hydroxylation is 1. The first-order chi connectivity index (χ1) is 8.06. The van der Waals surface area contributed by atoms with Crippen molar-refractivity contribution in [3.63, 3.8) is 0 Å². The monoisotopic (exact) mass is 253 g/mol. The Morgan fingerprint density at radius 3 is 2.71 bits per heavy atom. The lowest BCUT2D eigenvalue weighted by molar-refractivity contribution is 0.613. The first-order valence-electron chi connectivity index (χ1n) is 5.15. The third-order valence-corrected chi connectivity index (χ3v) is 2.90. The van der Waals surface area contributed by atoms with Gasteiger partial charge in [-0.1, -0.05) is 11.6 Å². The molecule has 1 heterocycles. The highest BCUT2D eigenvalue weighted by Gasteiger charge is 2.10. The fourth-order valence-electron chi connectivity index (χ4n) is 1.81. The zero-order valence-corrected chi connectivity index (χ0v) is 10.1. The standard InChI is InChI=1S/C11H12ClN3O2/c1-14-9-3-2-7(12)6-8(9)10(16)15(5-4-13)11(14)17/h2-3,6H,4-5,13H2,1H3. The molecule has 0 aliphatic carbocycles. The van der Waals surface area contributed by atoms with E-state index in [-0.39, 0.29) is 24.3 Å². The normalized spacial score (nSPS) is 11.0. The number of benzene rings is 1. The maximum atomic E-state index is 12.1. The highest BCUT2D eigenvalue weighted by molar-refractivity contribution is 6.31. The summed E-state index contributed by atoms with van der Waals surface area (Å²) in [6, 6.07) is 4.87. The summed E-state index contributed by atoms with van der Waals surface area (Å²) in [4.78, 5) is 24.0. The maximum Gasteiger partial charge on any atom is 0.331 e. The van der Waals surface area contributed by atoms with Gasteiger partial charge in [0.05, 0.1) is 10.9 Å². The predicted octanol–water partition coefficient (Wildman–Crippen LogP) is 0.312. The number of halogens is 1. The van der Waals surface area contributed by atoms with Crippen LogP contribution in [-0.2, 0) is 13.6 Å². The fourth-order valence-corrected chi connectivity index (χ4v) is 1.99. The van der Waals surface area contributed by atoms with Crippen LogP contribution in [0, 0.1) is 0 Å². The zero-order chi connectivity index (χ0) is 12.6. The van der Waals surface area contributed by atoms with Crippen molar-refractivity contribution >= 4 is 22.5 Å². The lowest BCUT2D eigenvalue weighted by Gasteiger charge is -2.09. The van der Waals surface area contributed by atoms with E-state index >= 15 is 0 Å². The third-order valence-electron chi connectivity index (χ3n) is 2.67. The molecule has 0 amide bonds. The molecule has 2 aromatic rings. The van der Waals surface area contributed by atoms with E-state index in [0.717, 1.165) is 4.57 Å². The molecular weight excluding hydrogens is 242 g/mol. The Balaban J connectivity index is 2.96. The van der Waals surface area contributed by atoms with Crippen LogP contribution in [0.1, 0.15) is 0 Å². The molecule has 0 saturated heterocycles. The quantitative estimate of drug-likeness (QED) is 0.838. The summed E-state index contributed by atoms with van der Waals surface area (Å²) in [6.07, 6.45) is 0. The lowest BCUT2D eigenvalue weighted by atomic mass is 10.2. The van der Waals surface area contributed by atoms with Gasteiger partial charge in [-0.25, -0.2) is 4.79 Å². The molecule has 0 saturated carbocycles. The molecule has 1 aromatic carbocycles. The summed E-state index contributed by atoms with van der Waals surface area (Å²) in [5, 5.41) is 0.889. The van der Waals surface area contributed by atoms with Crippen molar-refractivity contribution < 1.29 is 0 Å². The Bertz CT molecular complexity index is 687. The number of hydrogen-bond acceptors (Lipinski definition) is 3. The van der Waals surface area contributed by atoms with Crippen LogP contribution in [0.4, 0.5) is 0 Å². The molecule has 0 unspecified atom stereocenters. The van der Waals surface area contributed by atoms with E-state index in [4.69, 9.17) is 17.3 Å². The second-order valence-electron chi connectivity index (χ2n) is 3.75. The second kappa shape index (κ2) is 4.35. The first kappa shape index (κ1) is 11.9. The minimum absolute atomic E-state index is 0.202. The number of fused-ring (bicyclic) bond motifs is 1. The van der Waals surface area contributed by atoms with Crippen molar-refractivity contribution in [2.24, 2.45) is 12.8 Å². The van der Waals surface area contributed by atoms with Gasteiger partial charge >= 0.3 is 5.69 Å². The Morgan fingerprint density at radius 1 is 1.35 bits per heavy atom. The first-order valence-corrected chi connectivity index (χ1v) is 5.53. The van der Waals surface area contributed by atoms with Crippen molar-refractivity contribution in [3.05, 3.63) is 44.1 Å². The smallest absolute Gasteiger partial charge is 0.329 e. The van der Waals surface area contributed by atoms with Crippen molar-refractivity contribution in [3.8, 4) is 0 Å². The second-order valence-corrected chi connectivity index (χ2v) is 4.18. The summed E-state index contributed by atoms with van der Waals surface area (Å²) in [5.74, 6) is 0. The van der Waals surface area contributed by atoms with Crippen LogP contribution in [-0.4, -0.2) is 15.7 Å². The number of hydrogen-bond donors (Lipinski definition) is 1. The molecule has 1 aromatic heterocycles. The van der Waals surface area contributed by atoms with Crippen LogP contribution < -0.4 is 17.0 Å². The zero-order valence-electron chi connectivity index (χ0n) is 9.31. The molecule has 0 radical (unpaired) electrons. The van der Waals surface area contributed by atoms with Crippen LogP contribution in [0.25, 0.3) is 10.9 Å². The molecule has 0 atom stereocenters. The lowest BCUT2D eigenvalue weighted by Crippen LogP contribution is -2.40. The average molecular weight is 254 g/mol. The minimum Gasteiger partial charge on any atom is -0.329 e. The van der Waals surface area contributed by atoms with Crippen LogP contribution >= 0.6 is 11.6 Å². The molecule has 17 heavy (non-hydrogen) atoms. The van der Waals surface area contributed by atoms with Gasteiger partial charge in [0.25, 0.3) is 5.56 Å². The van der Waals surface area contributed by atoms with E-state index in [9.17, 15) is 9.59 Å². The van der Waals surface area contributed by atoms with Gasteiger partial charge in [0.1, 0.15) is 0 Å². The van der Waals surface area contributed by atoms with Gasteiger partial charge in [-0.3, -0.25) is 13.9 Å². The number of rotatable bonds is 2. The van der Waals surface area contributed by atoms with E-state index in [1.54, 1.807) is 25.2 Å². The van der Waals surface area contributed by atoms with E-state index in [0.29, 0.717) is 15.9 Å². The Morgan fingerprint density at radius 2 is 2.06 bits per heavy atom. The summed E-state index contributed by atoms with van der Waals surface area (Å²) < 4.78 is 2.54. The Hall–Kier alpha value is -1.59. The molecule has 2 rings (SSSR count). The van der Waals surface area contributed by atoms with E-state index in [2.05, 4.69) is 0 Å². The number of nitrogens with zero attached hydrogens (tertiary/aromatic N) is 2. The van der Waals surface area contributed by atoms with Gasteiger partial charge < -0.3 is 5.73 Å². The molecular formula is C11H12ClN3O2. The van der Waals surface area contributed by atoms with Gasteiger partial charge in [-0.15, -0.1) is 0 Å². The molecule has 5 nitrogen and oxygen atoms in total. The topological polar surface area (TPSA) is 70.0 Å². The molecule has 0 aliphatic heterocycles. The van der Waals surface area contributed by atoms with Gasteiger partial charge in [-0.05, 0) is 18.2 Å². The molecule has 0 aliphatic rings. The minimum atomic E-state index is -0.365. The highest BCUT2D eigenvalue weighted by Crippen LogP contribution is 2.14. The van der Waals surface area contributed by atoms with Crippen molar-refractivity contribution in [2.75, 3.05) is 6.54 Å². The van der Waals surface area contributed by atoms with Crippen molar-refractivity contribution in [1.82, 2.24) is 9.13 Å². The summed E-state index contributed by atoms with van der Waals surface area (Å²) in [6.45, 7) is 0.440. The summed E-state index contributed by atoms with van der Waals surface area (Å²) in [5.41, 5.74) is 5.24. The van der Waals surface area contributed by atoms with Crippen molar-refractivity contribution in [2.45, 2.75) is 6.54 Å². The van der Waals surface area contributed by atoms with Gasteiger partial charge in [0.15, 0.2) is 0 Å². The molecule has 6 heteroatoms. The van der Waals surface area contributed by atoms with Crippen LogP contribution in [0.2, 0.25) is 5.02 Å². The van der Waals surface area contributed by atoms with Crippen LogP contribution in [0.5, 0.6) is 0 Å². The van der Waals surface area contributed by atoms with E-state index in [1.165, 1.54) is 4.57 Å². The molecule has 0 bridgehead atoms. The highest BCUT2D eigenvalue weighted by atomic mass is 35.5. The number of aromatic nitrogens is 2. The Labute approximate surface area is 102 Å². The van der Waals surface area contributed by atoms with Crippen LogP contribution in [0.15, 0.2) is 27.8 Å². The van der Waals surface area contributed by atoms with E-state index in [1.807, 2.05) is 0 Å². The van der Waals surface area contributed by atoms with Gasteiger partial charge in [0.2, 0.25) is 0 Å². The molecule has 0 spiro atoms. The molecule has 2 N–H and O–H groups in total. The van der Waals surface area contributed by atoms with Crippen molar-refractivity contribution in [1.29, 1.82) is 0 Å².